The molecular formula is C15H23FO3. The molecule has 0 saturated heterocycles. The summed E-state index contributed by atoms with van der Waals surface area (Å²) in [5.41, 5.74) is 0. The van der Waals surface area contributed by atoms with Crippen LogP contribution in [0.3, 0.4) is 0 Å². The van der Waals surface area contributed by atoms with Gasteiger partial charge in [0.05, 0.1) is 6.61 Å². The zero-order valence-electron chi connectivity index (χ0n) is 11.8. The van der Waals surface area contributed by atoms with Gasteiger partial charge < -0.3 is 9.47 Å². The van der Waals surface area contributed by atoms with Crippen LogP contribution in [0.5, 0.6) is 0 Å². The van der Waals surface area contributed by atoms with Gasteiger partial charge in [0, 0.05) is 13.3 Å². The van der Waals surface area contributed by atoms with E-state index in [-0.39, 0.29) is 18.3 Å². The van der Waals surface area contributed by atoms with Gasteiger partial charge in [0.25, 0.3) is 0 Å². The summed E-state index contributed by atoms with van der Waals surface area (Å²) in [6.07, 6.45) is 8.03. The highest BCUT2D eigenvalue weighted by Gasteiger charge is 2.39. The first kappa shape index (κ1) is 14.4. The topological polar surface area (TPSA) is 35.5 Å². The molecule has 1 fully saturated rings. The molecule has 0 N–H and O–H groups in total. The molecule has 108 valence electrons. The first-order valence-electron chi connectivity index (χ1n) is 7.28. The van der Waals surface area contributed by atoms with E-state index in [4.69, 9.17) is 9.47 Å². The van der Waals surface area contributed by atoms with E-state index in [1.807, 2.05) is 0 Å². The number of hydrogen-bond donors (Lipinski definition) is 0. The van der Waals surface area contributed by atoms with Crippen LogP contribution in [0.1, 0.15) is 52.4 Å². The molecule has 1 saturated carbocycles. The summed E-state index contributed by atoms with van der Waals surface area (Å²) in [4.78, 5) is 11.7. The number of carbonyl (C=O) groups excluding carboxylic acids is 1. The van der Waals surface area contributed by atoms with Gasteiger partial charge in [-0.05, 0) is 37.7 Å². The summed E-state index contributed by atoms with van der Waals surface area (Å²) in [5.74, 6) is -1.71. The van der Waals surface area contributed by atoms with E-state index >= 15 is 0 Å². The Morgan fingerprint density at radius 2 is 2.16 bits per heavy atom. The Morgan fingerprint density at radius 3 is 2.79 bits per heavy atom. The molecule has 4 heteroatoms. The number of alkyl halides is 1. The molecule has 0 aromatic heterocycles. The van der Waals surface area contributed by atoms with Crippen LogP contribution in [0, 0.1) is 11.8 Å². The van der Waals surface area contributed by atoms with Gasteiger partial charge >= 0.3 is 5.97 Å². The number of carbonyl (C=O) groups is 1. The molecule has 0 amide bonds. The fourth-order valence-electron chi connectivity index (χ4n) is 3.16. The summed E-state index contributed by atoms with van der Waals surface area (Å²) in [6, 6.07) is 0. The second-order valence-corrected chi connectivity index (χ2v) is 5.72. The Morgan fingerprint density at radius 1 is 1.47 bits per heavy atom. The molecule has 1 aliphatic carbocycles. The van der Waals surface area contributed by atoms with Crippen molar-refractivity contribution in [1.29, 1.82) is 0 Å². The van der Waals surface area contributed by atoms with Crippen molar-refractivity contribution in [2.24, 2.45) is 11.8 Å². The third-order valence-electron chi connectivity index (χ3n) is 4.02. The Bertz CT molecular complexity index is 356. The van der Waals surface area contributed by atoms with Crippen LogP contribution in [0.25, 0.3) is 0 Å². The summed E-state index contributed by atoms with van der Waals surface area (Å²) < 4.78 is 24.3. The lowest BCUT2D eigenvalue weighted by Gasteiger charge is -2.36. The third-order valence-corrected chi connectivity index (χ3v) is 4.02. The van der Waals surface area contributed by atoms with Crippen LogP contribution in [0.2, 0.25) is 0 Å². The van der Waals surface area contributed by atoms with Crippen LogP contribution >= 0.6 is 0 Å². The lowest BCUT2D eigenvalue weighted by Crippen LogP contribution is -2.35. The van der Waals surface area contributed by atoms with Crippen LogP contribution in [0.15, 0.2) is 11.8 Å². The third kappa shape index (κ3) is 3.71. The average molecular weight is 270 g/mol. The normalized spacial score (nSPS) is 32.4. The number of allylic oxidation sites excluding steroid dienone is 1. The predicted molar refractivity (Wildman–Crippen MR) is 70.0 cm³/mol. The van der Waals surface area contributed by atoms with Gasteiger partial charge in [-0.2, -0.15) is 4.39 Å². The van der Waals surface area contributed by atoms with Crippen molar-refractivity contribution in [2.75, 3.05) is 6.61 Å². The minimum absolute atomic E-state index is 0.0497. The van der Waals surface area contributed by atoms with Crippen LogP contribution in [0.4, 0.5) is 4.39 Å². The van der Waals surface area contributed by atoms with Crippen molar-refractivity contribution < 1.29 is 18.7 Å². The van der Waals surface area contributed by atoms with E-state index in [0.717, 1.165) is 12.8 Å². The number of esters is 1. The Kier molecular flexibility index (Phi) is 4.48. The summed E-state index contributed by atoms with van der Waals surface area (Å²) in [5, 5.41) is 0. The van der Waals surface area contributed by atoms with Crippen molar-refractivity contribution >= 4 is 5.97 Å². The summed E-state index contributed by atoms with van der Waals surface area (Å²) >= 11 is 0. The van der Waals surface area contributed by atoms with Gasteiger partial charge in [-0.15, -0.1) is 0 Å². The molecule has 3 nitrogen and oxygen atoms in total. The van der Waals surface area contributed by atoms with E-state index in [1.165, 1.54) is 26.2 Å². The zero-order chi connectivity index (χ0) is 13.9. The number of halogens is 1. The van der Waals surface area contributed by atoms with E-state index in [0.29, 0.717) is 12.3 Å². The molecule has 1 aliphatic heterocycles. The van der Waals surface area contributed by atoms with Crippen LogP contribution in [-0.4, -0.2) is 18.4 Å². The second kappa shape index (κ2) is 5.93. The minimum atomic E-state index is -1.76. The maximum atomic E-state index is 14.3. The molecule has 2 atom stereocenters. The lowest BCUT2D eigenvalue weighted by molar-refractivity contribution is -0.162. The molecule has 19 heavy (non-hydrogen) atoms. The summed E-state index contributed by atoms with van der Waals surface area (Å²) in [7, 11) is 0. The Labute approximate surface area is 114 Å². The largest absolute Gasteiger partial charge is 0.460 e. The average Bonchev–Trinajstić information content (AvgIpc) is 2.38. The van der Waals surface area contributed by atoms with Crippen molar-refractivity contribution in [2.45, 2.75) is 58.2 Å². The van der Waals surface area contributed by atoms with Crippen molar-refractivity contribution in [1.82, 2.24) is 0 Å². The summed E-state index contributed by atoms with van der Waals surface area (Å²) in [6.45, 7) is 3.40. The van der Waals surface area contributed by atoms with Gasteiger partial charge in [0.15, 0.2) is 0 Å². The molecule has 2 aliphatic rings. The number of hydrogen-bond acceptors (Lipinski definition) is 3. The smallest absolute Gasteiger partial charge is 0.373 e. The molecule has 0 aromatic rings. The molecule has 2 rings (SSSR count). The van der Waals surface area contributed by atoms with Crippen LogP contribution in [-0.2, 0) is 14.3 Å². The fraction of sp³-hybridized carbons (Fsp3) is 0.800. The van der Waals surface area contributed by atoms with E-state index in [1.54, 1.807) is 13.0 Å². The Balaban J connectivity index is 2.12. The van der Waals surface area contributed by atoms with E-state index in [9.17, 15) is 9.18 Å². The SMILES string of the molecule is CCOC(=O)C1=CC(C2CCCCC2)CC(C)(F)O1. The second-order valence-electron chi connectivity index (χ2n) is 5.72. The molecule has 0 radical (unpaired) electrons. The molecule has 0 bridgehead atoms. The molecule has 1 heterocycles. The quantitative estimate of drug-likeness (QED) is 0.733. The minimum Gasteiger partial charge on any atom is -0.460 e. The first-order valence-corrected chi connectivity index (χ1v) is 7.28. The Hall–Kier alpha value is -1.06. The van der Waals surface area contributed by atoms with Crippen molar-refractivity contribution in [3.8, 4) is 0 Å². The predicted octanol–water partition coefficient (Wildman–Crippen LogP) is 3.74. The molecule has 2 unspecified atom stereocenters. The fourth-order valence-corrected chi connectivity index (χ4v) is 3.16. The molecule has 0 aromatic carbocycles. The first-order chi connectivity index (χ1) is 9.02. The van der Waals surface area contributed by atoms with Crippen molar-refractivity contribution in [3.05, 3.63) is 11.8 Å². The van der Waals surface area contributed by atoms with E-state index < -0.39 is 11.8 Å². The van der Waals surface area contributed by atoms with Crippen LogP contribution < -0.4 is 0 Å². The van der Waals surface area contributed by atoms with Gasteiger partial charge in [0.1, 0.15) is 0 Å². The van der Waals surface area contributed by atoms with Gasteiger partial charge in [0.2, 0.25) is 11.6 Å². The highest BCUT2D eigenvalue weighted by atomic mass is 19.2. The van der Waals surface area contributed by atoms with Gasteiger partial charge in [-0.25, -0.2) is 4.79 Å². The zero-order valence-corrected chi connectivity index (χ0v) is 11.8. The lowest BCUT2D eigenvalue weighted by atomic mass is 9.76. The van der Waals surface area contributed by atoms with Crippen molar-refractivity contribution in [3.63, 3.8) is 0 Å². The highest BCUT2D eigenvalue weighted by Crippen LogP contribution is 2.41. The highest BCUT2D eigenvalue weighted by molar-refractivity contribution is 5.86. The number of rotatable bonds is 3. The van der Waals surface area contributed by atoms with Gasteiger partial charge in [-0.3, -0.25) is 0 Å². The van der Waals surface area contributed by atoms with E-state index in [2.05, 4.69) is 0 Å². The maximum Gasteiger partial charge on any atom is 0.373 e. The number of ether oxygens (including phenoxy) is 2. The molecule has 0 spiro atoms. The standard InChI is InChI=1S/C15H23FO3/c1-3-18-14(17)13-9-12(10-15(2,16)19-13)11-7-5-4-6-8-11/h9,11-12H,3-8,10H2,1-2H3. The van der Waals surface area contributed by atoms with Gasteiger partial charge in [-0.1, -0.05) is 19.3 Å². The molecular weight excluding hydrogens is 247 g/mol. The maximum absolute atomic E-state index is 14.3. The monoisotopic (exact) mass is 270 g/mol.